The average molecular weight is 477 g/mol. The van der Waals surface area contributed by atoms with E-state index in [1.807, 2.05) is 6.07 Å². The summed E-state index contributed by atoms with van der Waals surface area (Å²) >= 11 is 0. The minimum atomic E-state index is -4.05. The van der Waals surface area contributed by atoms with Crippen molar-refractivity contribution in [2.24, 2.45) is 22.2 Å². The molecule has 0 amide bonds. The molecule has 2 fully saturated rings. The standard InChI is InChI=1S/C25H40N4O3S/c1-25(2,3)19-4-6-20(7-5-19)28-14-11-21(12-15-28)29-17-18(10-13-26)23-16-22(8-9-24(23)29)32-33(27,30)31/h8-9,16-17,19-21H,4-7,10-15,26H2,1-3H3,(H2,27,30,31). The molecule has 4 rings (SSSR count). The highest BCUT2D eigenvalue weighted by Gasteiger charge is 2.33. The molecule has 1 aromatic carbocycles. The van der Waals surface area contributed by atoms with Crippen molar-refractivity contribution in [1.82, 2.24) is 9.47 Å². The van der Waals surface area contributed by atoms with Gasteiger partial charge in [-0.05, 0) is 86.6 Å². The van der Waals surface area contributed by atoms with Crippen LogP contribution < -0.4 is 15.1 Å². The molecule has 7 nitrogen and oxygen atoms in total. The van der Waals surface area contributed by atoms with Gasteiger partial charge < -0.3 is 19.4 Å². The van der Waals surface area contributed by atoms with E-state index < -0.39 is 10.3 Å². The molecule has 1 saturated carbocycles. The zero-order chi connectivity index (χ0) is 23.8. The molecule has 184 valence electrons. The van der Waals surface area contributed by atoms with Crippen LogP contribution in [-0.2, 0) is 16.7 Å². The number of hydrogen-bond acceptors (Lipinski definition) is 5. The van der Waals surface area contributed by atoms with Crippen LogP contribution in [0.2, 0.25) is 0 Å². The summed E-state index contributed by atoms with van der Waals surface area (Å²) in [5.74, 6) is 1.09. The Morgan fingerprint density at radius 2 is 1.70 bits per heavy atom. The molecule has 0 atom stereocenters. The lowest BCUT2D eigenvalue weighted by atomic mass is 9.71. The van der Waals surface area contributed by atoms with E-state index in [0.717, 1.165) is 60.8 Å². The summed E-state index contributed by atoms with van der Waals surface area (Å²) in [6.07, 6.45) is 10.5. The van der Waals surface area contributed by atoms with Gasteiger partial charge in [-0.25, -0.2) is 0 Å². The van der Waals surface area contributed by atoms with Crippen molar-refractivity contribution in [3.63, 3.8) is 0 Å². The first kappa shape index (κ1) is 24.5. The largest absolute Gasteiger partial charge is 0.380 e. The summed E-state index contributed by atoms with van der Waals surface area (Å²) in [7, 11) is -4.05. The van der Waals surface area contributed by atoms with Crippen molar-refractivity contribution in [2.75, 3.05) is 19.6 Å². The van der Waals surface area contributed by atoms with Gasteiger partial charge in [-0.3, -0.25) is 0 Å². The molecule has 0 radical (unpaired) electrons. The van der Waals surface area contributed by atoms with Gasteiger partial charge in [0.1, 0.15) is 5.75 Å². The first-order chi connectivity index (χ1) is 15.5. The summed E-state index contributed by atoms with van der Waals surface area (Å²) in [6, 6.07) is 6.56. The number of likely N-dealkylation sites (tertiary alicyclic amines) is 1. The smallest absolute Gasteiger partial charge is 0.371 e. The molecular weight excluding hydrogens is 436 g/mol. The number of aromatic nitrogens is 1. The fourth-order valence-corrected chi connectivity index (χ4v) is 6.36. The SMILES string of the molecule is CC(C)(C)C1CCC(N2CCC(n3cc(CCN)c4cc(OS(N)(=O)=O)ccc43)CC2)CC1. The summed E-state index contributed by atoms with van der Waals surface area (Å²) in [5, 5.41) is 6.04. The van der Waals surface area contributed by atoms with Crippen molar-refractivity contribution in [3.8, 4) is 5.75 Å². The molecule has 1 aromatic heterocycles. The van der Waals surface area contributed by atoms with Crippen LogP contribution in [0.25, 0.3) is 10.9 Å². The van der Waals surface area contributed by atoms with Crippen molar-refractivity contribution in [1.29, 1.82) is 0 Å². The lowest BCUT2D eigenvalue weighted by molar-refractivity contribution is 0.0723. The maximum absolute atomic E-state index is 11.4. The summed E-state index contributed by atoms with van der Waals surface area (Å²) < 4.78 is 30.0. The highest BCUT2D eigenvalue weighted by molar-refractivity contribution is 7.84. The van der Waals surface area contributed by atoms with E-state index in [1.165, 1.54) is 25.7 Å². The Morgan fingerprint density at radius 1 is 1.03 bits per heavy atom. The summed E-state index contributed by atoms with van der Waals surface area (Å²) in [6.45, 7) is 9.95. The minimum absolute atomic E-state index is 0.238. The minimum Gasteiger partial charge on any atom is -0.371 e. The van der Waals surface area contributed by atoms with Crippen molar-refractivity contribution in [3.05, 3.63) is 30.0 Å². The highest BCUT2D eigenvalue weighted by Crippen LogP contribution is 2.40. The molecule has 33 heavy (non-hydrogen) atoms. The quantitative estimate of drug-likeness (QED) is 0.657. The molecule has 8 heteroatoms. The molecule has 4 N–H and O–H groups in total. The second-order valence-electron chi connectivity index (χ2n) is 11.0. The summed E-state index contributed by atoms with van der Waals surface area (Å²) in [4.78, 5) is 2.72. The van der Waals surface area contributed by atoms with Gasteiger partial charge in [0.25, 0.3) is 0 Å². The zero-order valence-corrected chi connectivity index (χ0v) is 21.1. The third-order valence-electron chi connectivity index (χ3n) is 7.84. The topological polar surface area (TPSA) is 104 Å². The lowest BCUT2D eigenvalue weighted by Gasteiger charge is -2.43. The van der Waals surface area contributed by atoms with Crippen molar-refractivity contribution < 1.29 is 12.6 Å². The molecular formula is C25H40N4O3S. The van der Waals surface area contributed by atoms with Gasteiger partial charge in [0.05, 0.1) is 0 Å². The maximum atomic E-state index is 11.4. The molecule has 2 heterocycles. The first-order valence-corrected chi connectivity index (χ1v) is 13.8. The van der Waals surface area contributed by atoms with Crippen molar-refractivity contribution in [2.45, 2.75) is 77.8 Å². The first-order valence-electron chi connectivity index (χ1n) is 12.3. The summed E-state index contributed by atoms with van der Waals surface area (Å²) in [5.41, 5.74) is 8.50. The van der Waals surface area contributed by atoms with Gasteiger partial charge in [-0.15, -0.1) is 0 Å². The van der Waals surface area contributed by atoms with E-state index in [-0.39, 0.29) is 5.75 Å². The van der Waals surface area contributed by atoms with Gasteiger partial charge in [-0.2, -0.15) is 13.6 Å². The second-order valence-corrected chi connectivity index (χ2v) is 12.1. The van der Waals surface area contributed by atoms with Gasteiger partial charge >= 0.3 is 10.3 Å². The predicted molar refractivity (Wildman–Crippen MR) is 133 cm³/mol. The molecule has 0 bridgehead atoms. The predicted octanol–water partition coefficient (Wildman–Crippen LogP) is 3.97. The normalized spacial score (nSPS) is 23.8. The molecule has 1 saturated heterocycles. The average Bonchev–Trinajstić information content (AvgIpc) is 3.10. The Labute approximate surface area is 198 Å². The third kappa shape index (κ3) is 5.73. The molecule has 1 aliphatic carbocycles. The number of piperidine rings is 1. The molecule has 2 aromatic rings. The van der Waals surface area contributed by atoms with Crippen LogP contribution in [0.1, 0.15) is 70.9 Å². The van der Waals surface area contributed by atoms with E-state index in [1.54, 1.807) is 12.1 Å². The maximum Gasteiger partial charge on any atom is 0.380 e. The van der Waals surface area contributed by atoms with Crippen LogP contribution in [0.3, 0.4) is 0 Å². The second kappa shape index (κ2) is 9.56. The number of rotatable bonds is 6. The van der Waals surface area contributed by atoms with E-state index in [0.29, 0.717) is 18.0 Å². The van der Waals surface area contributed by atoms with Crippen LogP contribution in [0.15, 0.2) is 24.4 Å². The van der Waals surface area contributed by atoms with E-state index >= 15 is 0 Å². The molecule has 0 unspecified atom stereocenters. The van der Waals surface area contributed by atoms with Gasteiger partial charge in [0.15, 0.2) is 0 Å². The Morgan fingerprint density at radius 3 is 2.27 bits per heavy atom. The van der Waals surface area contributed by atoms with Crippen molar-refractivity contribution >= 4 is 21.2 Å². The monoisotopic (exact) mass is 476 g/mol. The fourth-order valence-electron chi connectivity index (χ4n) is 5.98. The van der Waals surface area contributed by atoms with Crippen LogP contribution >= 0.6 is 0 Å². The number of nitrogens with two attached hydrogens (primary N) is 2. The number of hydrogen-bond donors (Lipinski definition) is 2. The van der Waals surface area contributed by atoms with E-state index in [4.69, 9.17) is 15.1 Å². The van der Waals surface area contributed by atoms with Crippen LogP contribution in [0.4, 0.5) is 0 Å². The van der Waals surface area contributed by atoms with Gasteiger partial charge in [0, 0.05) is 42.3 Å². The molecule has 0 spiro atoms. The molecule has 2 aliphatic rings. The number of fused-ring (bicyclic) bond motifs is 1. The highest BCUT2D eigenvalue weighted by atomic mass is 32.2. The molecule has 1 aliphatic heterocycles. The Hall–Kier alpha value is -1.61. The van der Waals surface area contributed by atoms with Crippen LogP contribution in [-0.4, -0.2) is 43.6 Å². The lowest BCUT2D eigenvalue weighted by Crippen LogP contribution is -2.44. The van der Waals surface area contributed by atoms with Crippen LogP contribution in [0.5, 0.6) is 5.75 Å². The van der Waals surface area contributed by atoms with Gasteiger partial charge in [-0.1, -0.05) is 20.8 Å². The van der Waals surface area contributed by atoms with Crippen LogP contribution in [0, 0.1) is 11.3 Å². The fraction of sp³-hybridized carbons (Fsp3) is 0.680. The van der Waals surface area contributed by atoms with E-state index in [2.05, 4.69) is 36.4 Å². The Balaban J connectivity index is 1.46. The third-order valence-corrected chi connectivity index (χ3v) is 8.27. The van der Waals surface area contributed by atoms with E-state index in [9.17, 15) is 8.42 Å². The zero-order valence-electron chi connectivity index (χ0n) is 20.3. The number of benzene rings is 1. The Kier molecular flexibility index (Phi) is 7.10. The Bertz CT molecular complexity index is 1060. The van der Waals surface area contributed by atoms with Gasteiger partial charge in [0.2, 0.25) is 0 Å². The number of nitrogens with zero attached hydrogens (tertiary/aromatic N) is 2.